The summed E-state index contributed by atoms with van der Waals surface area (Å²) in [5, 5.41) is 9.67. The van der Waals surface area contributed by atoms with Gasteiger partial charge >= 0.3 is 0 Å². The fraction of sp³-hybridized carbons (Fsp3) is 0.900. The summed E-state index contributed by atoms with van der Waals surface area (Å²) in [5.74, 6) is 0.924. The first-order valence-electron chi connectivity index (χ1n) is 5.00. The number of carbonyl (C=O) groups excluding carboxylic acids is 1. The van der Waals surface area contributed by atoms with Gasteiger partial charge in [-0.15, -0.1) is 0 Å². The SMILES string of the molecule is O=C1CCC[C@@H]2[C@H](O)CCC[C@H]12. The second-order valence-electron chi connectivity index (χ2n) is 4.13. The maximum atomic E-state index is 11.5. The van der Waals surface area contributed by atoms with Crippen molar-refractivity contribution in [2.75, 3.05) is 0 Å². The summed E-state index contributed by atoms with van der Waals surface area (Å²) in [6.07, 6.45) is 5.61. The summed E-state index contributed by atoms with van der Waals surface area (Å²) >= 11 is 0. The third-order valence-corrected chi connectivity index (χ3v) is 3.40. The van der Waals surface area contributed by atoms with Gasteiger partial charge in [-0.3, -0.25) is 4.79 Å². The van der Waals surface area contributed by atoms with Crippen LogP contribution >= 0.6 is 0 Å². The molecule has 0 aromatic carbocycles. The predicted molar refractivity (Wildman–Crippen MR) is 45.7 cm³/mol. The van der Waals surface area contributed by atoms with Gasteiger partial charge in [0.05, 0.1) is 6.10 Å². The molecule has 0 aliphatic heterocycles. The minimum Gasteiger partial charge on any atom is -0.393 e. The topological polar surface area (TPSA) is 37.3 Å². The standard InChI is InChI=1S/C10H16O2/c11-9-5-1-3-7-8(9)4-2-6-10(7)12/h7-9,11H,1-6H2/t7-,8-,9+/m0/s1. The maximum absolute atomic E-state index is 11.5. The highest BCUT2D eigenvalue weighted by atomic mass is 16.3. The highest BCUT2D eigenvalue weighted by Gasteiger charge is 2.38. The van der Waals surface area contributed by atoms with Crippen molar-refractivity contribution in [3.05, 3.63) is 0 Å². The molecule has 2 rings (SSSR count). The summed E-state index contributed by atoms with van der Waals surface area (Å²) in [7, 11) is 0. The normalized spacial score (nSPS) is 42.4. The molecule has 0 saturated heterocycles. The summed E-state index contributed by atoms with van der Waals surface area (Å²) in [4.78, 5) is 11.5. The molecule has 2 heteroatoms. The average molecular weight is 168 g/mol. The summed E-state index contributed by atoms with van der Waals surface area (Å²) in [6.45, 7) is 0. The largest absolute Gasteiger partial charge is 0.393 e. The molecule has 68 valence electrons. The maximum Gasteiger partial charge on any atom is 0.136 e. The zero-order valence-corrected chi connectivity index (χ0v) is 7.33. The molecule has 0 aromatic rings. The molecule has 2 nitrogen and oxygen atoms in total. The molecule has 2 saturated carbocycles. The van der Waals surface area contributed by atoms with E-state index < -0.39 is 0 Å². The monoisotopic (exact) mass is 168 g/mol. The minimum absolute atomic E-state index is 0.187. The third kappa shape index (κ3) is 1.28. The molecule has 0 aromatic heterocycles. The number of Topliss-reactive ketones (excluding diaryl/α,β-unsaturated/α-hetero) is 1. The van der Waals surface area contributed by atoms with E-state index in [2.05, 4.69) is 0 Å². The number of fused-ring (bicyclic) bond motifs is 1. The Morgan fingerprint density at radius 2 is 2.00 bits per heavy atom. The Balaban J connectivity index is 2.10. The molecule has 2 fully saturated rings. The Morgan fingerprint density at radius 1 is 1.17 bits per heavy atom. The van der Waals surface area contributed by atoms with Crippen LogP contribution in [-0.4, -0.2) is 17.0 Å². The summed E-state index contributed by atoms with van der Waals surface area (Å²) in [5.41, 5.74) is 0. The van der Waals surface area contributed by atoms with Crippen molar-refractivity contribution < 1.29 is 9.90 Å². The second kappa shape index (κ2) is 3.17. The van der Waals surface area contributed by atoms with Crippen molar-refractivity contribution in [2.45, 2.75) is 44.6 Å². The number of ketones is 1. The third-order valence-electron chi connectivity index (χ3n) is 3.40. The van der Waals surface area contributed by atoms with Crippen LogP contribution in [0.3, 0.4) is 0 Å². The summed E-state index contributed by atoms with van der Waals surface area (Å²) in [6, 6.07) is 0. The van der Waals surface area contributed by atoms with Gasteiger partial charge in [-0.05, 0) is 31.6 Å². The van der Waals surface area contributed by atoms with Gasteiger partial charge in [0.15, 0.2) is 0 Å². The van der Waals surface area contributed by atoms with Crippen LogP contribution < -0.4 is 0 Å². The van der Waals surface area contributed by atoms with E-state index in [-0.39, 0.29) is 12.0 Å². The lowest BCUT2D eigenvalue weighted by Crippen LogP contribution is -2.39. The predicted octanol–water partition coefficient (Wildman–Crippen LogP) is 1.52. The molecule has 0 unspecified atom stereocenters. The number of hydrogen-bond donors (Lipinski definition) is 1. The Kier molecular flexibility index (Phi) is 2.18. The van der Waals surface area contributed by atoms with E-state index in [0.29, 0.717) is 11.7 Å². The van der Waals surface area contributed by atoms with Crippen LogP contribution in [0.15, 0.2) is 0 Å². The second-order valence-corrected chi connectivity index (χ2v) is 4.13. The van der Waals surface area contributed by atoms with Crippen molar-refractivity contribution in [3.63, 3.8) is 0 Å². The van der Waals surface area contributed by atoms with Gasteiger partial charge in [-0.2, -0.15) is 0 Å². The van der Waals surface area contributed by atoms with Gasteiger partial charge in [-0.1, -0.05) is 6.42 Å². The van der Waals surface area contributed by atoms with Gasteiger partial charge in [-0.25, -0.2) is 0 Å². The van der Waals surface area contributed by atoms with Gasteiger partial charge in [0.1, 0.15) is 5.78 Å². The van der Waals surface area contributed by atoms with E-state index in [1.54, 1.807) is 0 Å². The smallest absolute Gasteiger partial charge is 0.136 e. The van der Waals surface area contributed by atoms with Gasteiger partial charge < -0.3 is 5.11 Å². The number of aliphatic hydroxyl groups excluding tert-OH is 1. The molecule has 2 aliphatic rings. The van der Waals surface area contributed by atoms with E-state index in [0.717, 1.165) is 38.5 Å². The zero-order valence-electron chi connectivity index (χ0n) is 7.33. The van der Waals surface area contributed by atoms with Crippen LogP contribution in [0.1, 0.15) is 38.5 Å². The summed E-state index contributed by atoms with van der Waals surface area (Å²) < 4.78 is 0. The molecule has 0 amide bonds. The lowest BCUT2D eigenvalue weighted by atomic mass is 9.69. The Bertz CT molecular complexity index is 188. The Morgan fingerprint density at radius 3 is 2.75 bits per heavy atom. The molecule has 0 heterocycles. The molecular formula is C10H16O2. The zero-order chi connectivity index (χ0) is 8.55. The molecule has 2 aliphatic carbocycles. The van der Waals surface area contributed by atoms with E-state index in [1.165, 1.54) is 0 Å². The van der Waals surface area contributed by atoms with Gasteiger partial charge in [0.25, 0.3) is 0 Å². The number of aliphatic hydroxyl groups is 1. The lowest BCUT2D eigenvalue weighted by molar-refractivity contribution is -0.131. The van der Waals surface area contributed by atoms with Crippen LogP contribution in [0.4, 0.5) is 0 Å². The van der Waals surface area contributed by atoms with Crippen molar-refractivity contribution in [2.24, 2.45) is 11.8 Å². The fourth-order valence-electron chi connectivity index (χ4n) is 2.73. The first-order valence-corrected chi connectivity index (χ1v) is 5.00. The first-order chi connectivity index (χ1) is 5.79. The fourth-order valence-corrected chi connectivity index (χ4v) is 2.73. The quantitative estimate of drug-likeness (QED) is 0.595. The molecular weight excluding hydrogens is 152 g/mol. The molecule has 12 heavy (non-hydrogen) atoms. The van der Waals surface area contributed by atoms with Crippen LogP contribution in [0, 0.1) is 11.8 Å². The van der Waals surface area contributed by atoms with Crippen molar-refractivity contribution in [3.8, 4) is 0 Å². The first kappa shape index (κ1) is 8.24. The van der Waals surface area contributed by atoms with Crippen molar-refractivity contribution in [1.82, 2.24) is 0 Å². The number of carbonyl (C=O) groups is 1. The van der Waals surface area contributed by atoms with Crippen LogP contribution in [-0.2, 0) is 4.79 Å². The van der Waals surface area contributed by atoms with Crippen molar-refractivity contribution >= 4 is 5.78 Å². The van der Waals surface area contributed by atoms with Crippen molar-refractivity contribution in [1.29, 1.82) is 0 Å². The van der Waals surface area contributed by atoms with Gasteiger partial charge in [0.2, 0.25) is 0 Å². The number of hydrogen-bond acceptors (Lipinski definition) is 2. The minimum atomic E-state index is -0.187. The molecule has 3 atom stereocenters. The van der Waals surface area contributed by atoms with Crippen LogP contribution in [0.25, 0.3) is 0 Å². The molecule has 0 bridgehead atoms. The van der Waals surface area contributed by atoms with E-state index in [9.17, 15) is 9.90 Å². The highest BCUT2D eigenvalue weighted by Crippen LogP contribution is 2.38. The van der Waals surface area contributed by atoms with E-state index >= 15 is 0 Å². The molecule has 0 radical (unpaired) electrons. The van der Waals surface area contributed by atoms with Crippen LogP contribution in [0.5, 0.6) is 0 Å². The molecule has 1 N–H and O–H groups in total. The molecule has 0 spiro atoms. The van der Waals surface area contributed by atoms with E-state index in [4.69, 9.17) is 0 Å². The van der Waals surface area contributed by atoms with Crippen LogP contribution in [0.2, 0.25) is 0 Å². The van der Waals surface area contributed by atoms with E-state index in [1.807, 2.05) is 0 Å². The highest BCUT2D eigenvalue weighted by molar-refractivity contribution is 5.82. The number of rotatable bonds is 0. The lowest BCUT2D eigenvalue weighted by Gasteiger charge is -2.37. The average Bonchev–Trinajstić information content (AvgIpc) is 2.07. The Hall–Kier alpha value is -0.370. The Labute approximate surface area is 73.0 Å². The van der Waals surface area contributed by atoms with Gasteiger partial charge in [0, 0.05) is 12.3 Å².